The van der Waals surface area contributed by atoms with Gasteiger partial charge in [-0.1, -0.05) is 25.3 Å². The van der Waals surface area contributed by atoms with Crippen molar-refractivity contribution in [2.45, 2.75) is 88.8 Å². The molecule has 0 spiro atoms. The topological polar surface area (TPSA) is 80.1 Å². The summed E-state index contributed by atoms with van der Waals surface area (Å²) in [6, 6.07) is 4.30. The molecule has 3 aliphatic rings. The average Bonchev–Trinajstić information content (AvgIpc) is 3.60. The van der Waals surface area contributed by atoms with E-state index in [1.165, 1.54) is 50.6 Å². The second kappa shape index (κ2) is 12.1. The standard InChI is InChI=1S/C29H39F2N7O/c30-23-9-6-10-24(31)26(23)35-29-34-25-19-32-28(36-27(25)38(29)21-7-2-3-8-21)33-20-11-13-22(14-12-20)39-18-17-37-15-4-1-5-16-37/h6,9-10,19-22H,1-5,7-8,11-18H2,(H,34,35)(H,32,33,36). The molecular weight excluding hydrogens is 500 g/mol. The normalized spacial score (nSPS) is 22.9. The van der Waals surface area contributed by atoms with Crippen LogP contribution in [0.2, 0.25) is 0 Å². The first-order chi connectivity index (χ1) is 19.1. The number of ether oxygens (including phenoxy) is 1. The van der Waals surface area contributed by atoms with E-state index in [9.17, 15) is 8.78 Å². The van der Waals surface area contributed by atoms with E-state index in [2.05, 4.69) is 25.5 Å². The lowest BCUT2D eigenvalue weighted by Crippen LogP contribution is -2.35. The van der Waals surface area contributed by atoms with Crippen molar-refractivity contribution in [3.05, 3.63) is 36.0 Å². The van der Waals surface area contributed by atoms with Gasteiger partial charge in [-0.2, -0.15) is 4.98 Å². The van der Waals surface area contributed by atoms with Gasteiger partial charge in [-0.05, 0) is 76.6 Å². The molecule has 0 atom stereocenters. The van der Waals surface area contributed by atoms with Crippen molar-refractivity contribution >= 4 is 28.7 Å². The molecule has 3 heterocycles. The fourth-order valence-corrected chi connectivity index (χ4v) is 6.37. The monoisotopic (exact) mass is 539 g/mol. The molecule has 1 saturated heterocycles. The SMILES string of the molecule is Fc1cccc(F)c1Nc1nc2cnc(NC3CCC(OCCN4CCCCC4)CC3)nc2n1C1CCCC1. The van der Waals surface area contributed by atoms with E-state index < -0.39 is 11.6 Å². The van der Waals surface area contributed by atoms with E-state index in [0.29, 0.717) is 29.2 Å². The lowest BCUT2D eigenvalue weighted by Gasteiger charge is -2.31. The molecule has 8 nitrogen and oxygen atoms in total. The Labute approximate surface area is 228 Å². The van der Waals surface area contributed by atoms with Crippen LogP contribution in [-0.4, -0.2) is 62.8 Å². The Bertz CT molecular complexity index is 1230. The minimum absolute atomic E-state index is 0.174. The Morgan fingerprint density at radius 1 is 0.897 bits per heavy atom. The molecule has 0 bridgehead atoms. The molecule has 6 rings (SSSR count). The molecule has 2 N–H and O–H groups in total. The molecule has 0 unspecified atom stereocenters. The Kier molecular flexibility index (Phi) is 8.20. The number of para-hydroxylation sites is 1. The molecule has 3 aromatic rings. The quantitative estimate of drug-likeness (QED) is 0.336. The number of hydrogen-bond donors (Lipinski definition) is 2. The van der Waals surface area contributed by atoms with Gasteiger partial charge in [0.05, 0.1) is 18.9 Å². The molecule has 10 heteroatoms. The van der Waals surface area contributed by atoms with Crippen LogP contribution < -0.4 is 10.6 Å². The van der Waals surface area contributed by atoms with E-state index in [1.807, 2.05) is 4.57 Å². The highest BCUT2D eigenvalue weighted by Crippen LogP contribution is 2.36. The zero-order chi connectivity index (χ0) is 26.6. The first-order valence-electron chi connectivity index (χ1n) is 14.7. The van der Waals surface area contributed by atoms with Gasteiger partial charge in [-0.3, -0.25) is 4.57 Å². The summed E-state index contributed by atoms with van der Waals surface area (Å²) in [6.07, 6.45) is 14.3. The molecule has 2 aromatic heterocycles. The minimum Gasteiger partial charge on any atom is -0.377 e. The van der Waals surface area contributed by atoms with Gasteiger partial charge in [0.25, 0.3) is 0 Å². The summed E-state index contributed by atoms with van der Waals surface area (Å²) in [5.74, 6) is -0.339. The Balaban J connectivity index is 1.11. The third-order valence-electron chi connectivity index (χ3n) is 8.54. The third kappa shape index (κ3) is 6.17. The highest BCUT2D eigenvalue weighted by Gasteiger charge is 2.27. The molecule has 0 radical (unpaired) electrons. The number of nitrogens with zero attached hydrogens (tertiary/aromatic N) is 5. The molecular formula is C29H39F2N7O. The van der Waals surface area contributed by atoms with Crippen LogP contribution in [0, 0.1) is 11.6 Å². The number of benzene rings is 1. The second-order valence-corrected chi connectivity index (χ2v) is 11.3. The van der Waals surface area contributed by atoms with Gasteiger partial charge in [0.15, 0.2) is 5.65 Å². The Morgan fingerprint density at radius 2 is 1.64 bits per heavy atom. The van der Waals surface area contributed by atoms with Gasteiger partial charge in [-0.15, -0.1) is 0 Å². The summed E-state index contributed by atoms with van der Waals surface area (Å²) in [5.41, 5.74) is 1.10. The van der Waals surface area contributed by atoms with Crippen LogP contribution in [0.3, 0.4) is 0 Å². The average molecular weight is 540 g/mol. The number of aromatic nitrogens is 4. The van der Waals surface area contributed by atoms with Crippen LogP contribution in [-0.2, 0) is 4.74 Å². The summed E-state index contributed by atoms with van der Waals surface area (Å²) >= 11 is 0. The van der Waals surface area contributed by atoms with Crippen molar-refractivity contribution in [2.24, 2.45) is 0 Å². The van der Waals surface area contributed by atoms with Gasteiger partial charge in [0.2, 0.25) is 11.9 Å². The van der Waals surface area contributed by atoms with Crippen molar-refractivity contribution < 1.29 is 13.5 Å². The van der Waals surface area contributed by atoms with Crippen molar-refractivity contribution in [2.75, 3.05) is 36.9 Å². The number of imidazole rings is 1. The highest BCUT2D eigenvalue weighted by atomic mass is 19.1. The maximum Gasteiger partial charge on any atom is 0.224 e. The van der Waals surface area contributed by atoms with E-state index in [0.717, 1.165) is 64.5 Å². The number of anilines is 3. The van der Waals surface area contributed by atoms with Crippen LogP contribution in [0.5, 0.6) is 0 Å². The first kappa shape index (κ1) is 26.4. The smallest absolute Gasteiger partial charge is 0.224 e. The van der Waals surface area contributed by atoms with E-state index in [1.54, 1.807) is 6.20 Å². The van der Waals surface area contributed by atoms with Crippen molar-refractivity contribution in [3.8, 4) is 0 Å². The predicted molar refractivity (Wildman–Crippen MR) is 148 cm³/mol. The number of nitrogens with one attached hydrogen (secondary N) is 2. The number of hydrogen-bond acceptors (Lipinski definition) is 7. The van der Waals surface area contributed by atoms with Crippen molar-refractivity contribution in [1.29, 1.82) is 0 Å². The van der Waals surface area contributed by atoms with Crippen LogP contribution >= 0.6 is 0 Å². The maximum absolute atomic E-state index is 14.4. The molecule has 1 aromatic carbocycles. The third-order valence-corrected chi connectivity index (χ3v) is 8.54. The molecule has 2 saturated carbocycles. The van der Waals surface area contributed by atoms with Gasteiger partial charge >= 0.3 is 0 Å². The number of halogens is 2. The molecule has 39 heavy (non-hydrogen) atoms. The zero-order valence-corrected chi connectivity index (χ0v) is 22.5. The zero-order valence-electron chi connectivity index (χ0n) is 22.5. The van der Waals surface area contributed by atoms with Gasteiger partial charge in [0, 0.05) is 18.6 Å². The largest absolute Gasteiger partial charge is 0.377 e. The summed E-state index contributed by atoms with van der Waals surface area (Å²) < 4.78 is 37.1. The van der Waals surface area contributed by atoms with Crippen molar-refractivity contribution in [1.82, 2.24) is 24.4 Å². The number of likely N-dealkylation sites (tertiary alicyclic amines) is 1. The van der Waals surface area contributed by atoms with Gasteiger partial charge in [-0.25, -0.2) is 18.7 Å². The fourth-order valence-electron chi connectivity index (χ4n) is 6.37. The van der Waals surface area contributed by atoms with Crippen LogP contribution in [0.4, 0.5) is 26.4 Å². The number of fused-ring (bicyclic) bond motifs is 1. The summed E-state index contributed by atoms with van der Waals surface area (Å²) in [4.78, 5) is 16.6. The lowest BCUT2D eigenvalue weighted by atomic mass is 9.93. The van der Waals surface area contributed by atoms with Crippen LogP contribution in [0.1, 0.15) is 76.7 Å². The predicted octanol–water partition coefficient (Wildman–Crippen LogP) is 6.19. The van der Waals surface area contributed by atoms with Gasteiger partial charge in [0.1, 0.15) is 22.8 Å². The summed E-state index contributed by atoms with van der Waals surface area (Å²) in [5, 5.41) is 6.44. The molecule has 1 aliphatic heterocycles. The Hall–Kier alpha value is -2.85. The molecule has 3 fully saturated rings. The molecule has 210 valence electrons. The van der Waals surface area contributed by atoms with Crippen LogP contribution in [0.15, 0.2) is 24.4 Å². The number of rotatable bonds is 9. The fraction of sp³-hybridized carbons (Fsp3) is 0.621. The summed E-state index contributed by atoms with van der Waals surface area (Å²) in [6.45, 7) is 4.28. The highest BCUT2D eigenvalue weighted by molar-refractivity contribution is 5.76. The van der Waals surface area contributed by atoms with Gasteiger partial charge < -0.3 is 20.3 Å². The molecule has 0 amide bonds. The Morgan fingerprint density at radius 3 is 2.38 bits per heavy atom. The maximum atomic E-state index is 14.4. The minimum atomic E-state index is -0.653. The van der Waals surface area contributed by atoms with E-state index >= 15 is 0 Å². The first-order valence-corrected chi connectivity index (χ1v) is 14.7. The van der Waals surface area contributed by atoms with E-state index in [-0.39, 0.29) is 17.8 Å². The second-order valence-electron chi connectivity index (χ2n) is 11.3. The van der Waals surface area contributed by atoms with Crippen LogP contribution in [0.25, 0.3) is 11.2 Å². The lowest BCUT2D eigenvalue weighted by molar-refractivity contribution is 0.0123. The van der Waals surface area contributed by atoms with E-state index in [4.69, 9.17) is 9.72 Å². The number of piperidine rings is 1. The van der Waals surface area contributed by atoms with Crippen molar-refractivity contribution in [3.63, 3.8) is 0 Å². The molecule has 2 aliphatic carbocycles. The summed E-state index contributed by atoms with van der Waals surface area (Å²) in [7, 11) is 0.